The number of likely N-dealkylation sites (N-methyl/N-ethyl adjacent to an activating group) is 1. The molecule has 154 valence electrons. The molecule has 0 saturated heterocycles. The van der Waals surface area contributed by atoms with Crippen molar-refractivity contribution in [2.75, 3.05) is 18.4 Å². The molecule has 4 rings (SSSR count). The first kappa shape index (κ1) is 19.6. The molecular weight excluding hydrogens is 382 g/mol. The maximum absolute atomic E-state index is 13.5. The minimum Gasteiger partial charge on any atom is -0.339 e. The number of allylic oxidation sites excluding steroid dienone is 1. The smallest absolute Gasteiger partial charge is 0.269 e. The summed E-state index contributed by atoms with van der Waals surface area (Å²) in [5.74, 6) is 0.520. The molecule has 2 aromatic carbocycles. The molecule has 1 aromatic heterocycles. The van der Waals surface area contributed by atoms with Crippen LogP contribution in [0.15, 0.2) is 59.8 Å². The van der Waals surface area contributed by atoms with Gasteiger partial charge in [-0.05, 0) is 38.5 Å². The van der Waals surface area contributed by atoms with Crippen molar-refractivity contribution in [3.05, 3.63) is 75.5 Å². The highest BCUT2D eigenvalue weighted by atomic mass is 16.6. The highest BCUT2D eigenvalue weighted by Crippen LogP contribution is 2.40. The summed E-state index contributed by atoms with van der Waals surface area (Å²) in [7, 11) is 0. The van der Waals surface area contributed by atoms with E-state index >= 15 is 0 Å². The minimum atomic E-state index is -0.526. The van der Waals surface area contributed by atoms with Crippen LogP contribution in [-0.4, -0.2) is 38.4 Å². The van der Waals surface area contributed by atoms with Gasteiger partial charge in [0.1, 0.15) is 0 Å². The van der Waals surface area contributed by atoms with Crippen LogP contribution in [0.4, 0.5) is 11.6 Å². The van der Waals surface area contributed by atoms with E-state index in [9.17, 15) is 14.9 Å². The molecule has 1 atom stereocenters. The molecule has 0 saturated carbocycles. The van der Waals surface area contributed by atoms with Gasteiger partial charge in [-0.2, -0.15) is 0 Å². The molecule has 0 radical (unpaired) electrons. The van der Waals surface area contributed by atoms with Gasteiger partial charge in [0, 0.05) is 30.9 Å². The Morgan fingerprint density at radius 3 is 2.63 bits per heavy atom. The van der Waals surface area contributed by atoms with Crippen LogP contribution in [0.2, 0.25) is 0 Å². The topological polar surface area (TPSA) is 93.3 Å². The van der Waals surface area contributed by atoms with Crippen molar-refractivity contribution in [2.24, 2.45) is 0 Å². The fraction of sp³-hybridized carbons (Fsp3) is 0.273. The number of benzene rings is 2. The van der Waals surface area contributed by atoms with Crippen molar-refractivity contribution in [3.63, 3.8) is 0 Å². The van der Waals surface area contributed by atoms with Crippen molar-refractivity contribution in [3.8, 4) is 0 Å². The van der Waals surface area contributed by atoms with E-state index < -0.39 is 11.0 Å². The number of para-hydroxylation sites is 2. The summed E-state index contributed by atoms with van der Waals surface area (Å²) >= 11 is 0. The Hall–Kier alpha value is -3.68. The average molecular weight is 405 g/mol. The van der Waals surface area contributed by atoms with Crippen LogP contribution in [0.3, 0.4) is 0 Å². The van der Waals surface area contributed by atoms with E-state index in [2.05, 4.69) is 10.3 Å². The number of fused-ring (bicyclic) bond motifs is 3. The van der Waals surface area contributed by atoms with Crippen LogP contribution >= 0.6 is 0 Å². The van der Waals surface area contributed by atoms with Crippen LogP contribution in [0.5, 0.6) is 0 Å². The largest absolute Gasteiger partial charge is 0.339 e. The number of hydrogen-bond donors (Lipinski definition) is 1. The second-order valence-corrected chi connectivity index (χ2v) is 7.19. The Labute approximate surface area is 174 Å². The van der Waals surface area contributed by atoms with Crippen molar-refractivity contribution in [1.29, 1.82) is 0 Å². The lowest BCUT2D eigenvalue weighted by atomic mass is 9.93. The molecule has 1 amide bonds. The average Bonchev–Trinajstić information content (AvgIpc) is 3.11. The number of anilines is 1. The van der Waals surface area contributed by atoms with Crippen LogP contribution in [0.1, 0.15) is 32.4 Å². The summed E-state index contributed by atoms with van der Waals surface area (Å²) in [6, 6.07) is 13.6. The Kier molecular flexibility index (Phi) is 4.99. The number of non-ortho nitro benzene ring substituents is 1. The zero-order valence-corrected chi connectivity index (χ0v) is 17.1. The lowest BCUT2D eigenvalue weighted by Gasteiger charge is -2.33. The molecule has 2 heterocycles. The Morgan fingerprint density at radius 2 is 1.93 bits per heavy atom. The van der Waals surface area contributed by atoms with Crippen LogP contribution in [0.25, 0.3) is 11.0 Å². The summed E-state index contributed by atoms with van der Waals surface area (Å²) < 4.78 is 1.96. The van der Waals surface area contributed by atoms with Gasteiger partial charge in [0.15, 0.2) is 0 Å². The predicted octanol–water partition coefficient (Wildman–Crippen LogP) is 4.10. The van der Waals surface area contributed by atoms with Crippen molar-refractivity contribution in [1.82, 2.24) is 14.5 Å². The molecule has 0 spiro atoms. The number of nitro groups is 1. The van der Waals surface area contributed by atoms with E-state index in [1.54, 1.807) is 11.0 Å². The van der Waals surface area contributed by atoms with E-state index in [0.29, 0.717) is 35.9 Å². The highest BCUT2D eigenvalue weighted by Gasteiger charge is 2.36. The van der Waals surface area contributed by atoms with E-state index in [-0.39, 0.29) is 11.6 Å². The summed E-state index contributed by atoms with van der Waals surface area (Å²) in [6.45, 7) is 6.88. The molecule has 8 heteroatoms. The number of nitrogens with one attached hydrogen (secondary N) is 1. The summed E-state index contributed by atoms with van der Waals surface area (Å²) in [5.41, 5.74) is 3.57. The van der Waals surface area contributed by atoms with Gasteiger partial charge >= 0.3 is 0 Å². The fourth-order valence-corrected chi connectivity index (χ4v) is 4.05. The predicted molar refractivity (Wildman–Crippen MR) is 115 cm³/mol. The monoisotopic (exact) mass is 405 g/mol. The standard InChI is InChI=1S/C22H23N5O3/c1-4-25(5-2)21(28)19-14(3)23-22-24-17-11-6-7-12-18(17)26(22)20(19)15-9-8-10-16(13-15)27(29)30/h6-13,20H,4-5H2,1-3H3,(H,23,24). The fourth-order valence-electron chi connectivity index (χ4n) is 4.05. The quantitative estimate of drug-likeness (QED) is 0.509. The number of imidazole rings is 1. The molecule has 0 bridgehead atoms. The third-order valence-corrected chi connectivity index (χ3v) is 5.51. The van der Waals surface area contributed by atoms with Crippen molar-refractivity contribution in [2.45, 2.75) is 26.8 Å². The van der Waals surface area contributed by atoms with Gasteiger partial charge < -0.3 is 10.2 Å². The molecule has 30 heavy (non-hydrogen) atoms. The maximum Gasteiger partial charge on any atom is 0.269 e. The summed E-state index contributed by atoms with van der Waals surface area (Å²) in [4.78, 5) is 30.9. The SMILES string of the molecule is CCN(CC)C(=O)C1=C(C)Nc2nc3ccccc3n2C1c1cccc([N+](=O)[O-])c1. The van der Waals surface area contributed by atoms with E-state index in [4.69, 9.17) is 0 Å². The number of amides is 1. The molecule has 1 N–H and O–H groups in total. The van der Waals surface area contributed by atoms with E-state index in [1.807, 2.05) is 55.7 Å². The molecule has 8 nitrogen and oxygen atoms in total. The zero-order valence-electron chi connectivity index (χ0n) is 17.1. The zero-order chi connectivity index (χ0) is 21.4. The Morgan fingerprint density at radius 1 is 1.20 bits per heavy atom. The summed E-state index contributed by atoms with van der Waals surface area (Å²) in [6.07, 6.45) is 0. The van der Waals surface area contributed by atoms with Crippen LogP contribution in [-0.2, 0) is 4.79 Å². The van der Waals surface area contributed by atoms with Gasteiger partial charge in [-0.1, -0.05) is 24.3 Å². The van der Waals surface area contributed by atoms with E-state index in [0.717, 1.165) is 11.0 Å². The molecule has 3 aromatic rings. The van der Waals surface area contributed by atoms with Crippen molar-refractivity contribution < 1.29 is 9.72 Å². The van der Waals surface area contributed by atoms with Gasteiger partial charge in [0.05, 0.1) is 27.6 Å². The minimum absolute atomic E-state index is 0.00991. The number of carbonyl (C=O) groups excluding carboxylic acids is 1. The normalized spacial score (nSPS) is 15.6. The first-order chi connectivity index (χ1) is 14.5. The molecule has 0 aliphatic carbocycles. The van der Waals surface area contributed by atoms with Gasteiger partial charge in [-0.25, -0.2) is 4.98 Å². The third-order valence-electron chi connectivity index (χ3n) is 5.51. The number of carbonyl (C=O) groups is 1. The number of aromatic nitrogens is 2. The van der Waals surface area contributed by atoms with Gasteiger partial charge in [-0.15, -0.1) is 0 Å². The Bertz CT molecular complexity index is 1180. The molecule has 1 unspecified atom stereocenters. The summed E-state index contributed by atoms with van der Waals surface area (Å²) in [5, 5.41) is 14.7. The molecular formula is C22H23N5O3. The van der Waals surface area contributed by atoms with Crippen LogP contribution in [0, 0.1) is 10.1 Å². The maximum atomic E-state index is 13.5. The lowest BCUT2D eigenvalue weighted by molar-refractivity contribution is -0.384. The second kappa shape index (κ2) is 7.62. The van der Waals surface area contributed by atoms with E-state index in [1.165, 1.54) is 12.1 Å². The molecule has 1 aliphatic heterocycles. The van der Waals surface area contributed by atoms with Gasteiger partial charge in [0.25, 0.3) is 11.6 Å². The Balaban J connectivity index is 1.99. The second-order valence-electron chi connectivity index (χ2n) is 7.19. The van der Waals surface area contributed by atoms with Crippen molar-refractivity contribution >= 4 is 28.6 Å². The number of nitrogens with zero attached hydrogens (tertiary/aromatic N) is 4. The van der Waals surface area contributed by atoms with Gasteiger partial charge in [0.2, 0.25) is 5.95 Å². The molecule has 0 fully saturated rings. The lowest BCUT2D eigenvalue weighted by Crippen LogP contribution is -2.37. The first-order valence-corrected chi connectivity index (χ1v) is 9.94. The molecule has 1 aliphatic rings. The highest BCUT2D eigenvalue weighted by molar-refractivity contribution is 5.98. The number of rotatable bonds is 5. The first-order valence-electron chi connectivity index (χ1n) is 9.94. The van der Waals surface area contributed by atoms with Gasteiger partial charge in [-0.3, -0.25) is 19.5 Å². The third kappa shape index (κ3) is 3.10. The van der Waals surface area contributed by atoms with Crippen LogP contribution < -0.4 is 5.32 Å². The number of nitro benzene ring substituents is 1. The number of hydrogen-bond acceptors (Lipinski definition) is 5.